The lowest BCUT2D eigenvalue weighted by Gasteiger charge is -2.03. The van der Waals surface area contributed by atoms with Gasteiger partial charge in [0.25, 0.3) is 0 Å². The summed E-state index contributed by atoms with van der Waals surface area (Å²) in [4.78, 5) is 0. The smallest absolute Gasteiger partial charge is 0.0264 e. The second-order valence-corrected chi connectivity index (χ2v) is 5.70. The predicted molar refractivity (Wildman–Crippen MR) is 85.2 cm³/mol. The highest BCUT2D eigenvalue weighted by Crippen LogP contribution is 2.13. The topological polar surface area (TPSA) is 0 Å². The van der Waals surface area contributed by atoms with Crippen molar-refractivity contribution in [3.05, 3.63) is 0 Å². The Morgan fingerprint density at radius 1 is 0.444 bits per heavy atom. The van der Waals surface area contributed by atoms with Crippen LogP contribution in [0, 0.1) is 0 Å². The van der Waals surface area contributed by atoms with Crippen LogP contribution in [0.1, 0.15) is 119 Å². The lowest BCUT2D eigenvalue weighted by atomic mass is 10.0. The normalized spacial score (nSPS) is 13.4. The summed E-state index contributed by atoms with van der Waals surface area (Å²) in [6.07, 6.45) is 18.9. The molecule has 0 saturated carbocycles. The molecule has 0 N–H and O–H groups in total. The van der Waals surface area contributed by atoms with Crippen molar-refractivity contribution in [2.45, 2.75) is 117 Å². The Labute approximate surface area is 120 Å². The van der Waals surface area contributed by atoms with Crippen LogP contribution in [0.4, 0.5) is 0 Å². The minimum Gasteiger partial charge on any atom is -0.0654 e. The molecule has 0 amide bonds. The molecule has 0 unspecified atom stereocenters. The van der Waals surface area contributed by atoms with Crippen molar-refractivity contribution in [1.82, 2.24) is 0 Å². The van der Waals surface area contributed by atoms with Crippen molar-refractivity contribution >= 4 is 0 Å². The molecule has 0 saturated heterocycles. The molecule has 0 atom stereocenters. The average molecular weight is 257 g/mol. The van der Waals surface area contributed by atoms with E-state index in [1.165, 1.54) is 83.5 Å². The van der Waals surface area contributed by atoms with Crippen LogP contribution in [-0.2, 0) is 0 Å². The van der Waals surface area contributed by atoms with Gasteiger partial charge in [0.05, 0.1) is 0 Å². The molecule has 0 spiro atoms. The highest BCUT2D eigenvalue weighted by Gasteiger charge is 1.93. The molecule has 0 heteroatoms. The van der Waals surface area contributed by atoms with Crippen LogP contribution in [0.15, 0.2) is 0 Å². The van der Waals surface area contributed by atoms with Gasteiger partial charge in [-0.2, -0.15) is 0 Å². The van der Waals surface area contributed by atoms with E-state index in [2.05, 4.69) is 6.92 Å². The first-order valence-corrected chi connectivity index (χ1v) is 8.56. The first-order valence-electron chi connectivity index (χ1n) is 9.56. The maximum absolute atomic E-state index is 7.46. The van der Waals surface area contributed by atoms with Gasteiger partial charge < -0.3 is 0 Å². The molecule has 0 bridgehead atoms. The van der Waals surface area contributed by atoms with Crippen LogP contribution in [0.5, 0.6) is 0 Å². The fraction of sp³-hybridized carbons (Fsp3) is 1.00. The summed E-state index contributed by atoms with van der Waals surface area (Å²) < 4.78 is 14.9. The van der Waals surface area contributed by atoms with E-state index >= 15 is 0 Å². The zero-order valence-corrected chi connectivity index (χ0v) is 13.1. The van der Waals surface area contributed by atoms with Crippen LogP contribution < -0.4 is 0 Å². The van der Waals surface area contributed by atoms with Gasteiger partial charge in [-0.3, -0.25) is 0 Å². The van der Waals surface area contributed by atoms with Gasteiger partial charge in [-0.1, -0.05) is 117 Å². The number of rotatable bonds is 15. The van der Waals surface area contributed by atoms with E-state index < -0.39 is 6.37 Å². The second-order valence-electron chi connectivity index (χ2n) is 5.70. The summed E-state index contributed by atoms with van der Waals surface area (Å²) in [6.45, 7) is 3.97. The van der Waals surface area contributed by atoms with Crippen LogP contribution in [0.2, 0.25) is 0 Å². The average Bonchev–Trinajstić information content (AvgIpc) is 2.38. The number of unbranched alkanes of at least 4 members (excludes halogenated alkanes) is 13. The Hall–Kier alpha value is 0. The zero-order valence-electron chi connectivity index (χ0n) is 15.1. The molecule has 0 radical (unpaired) electrons. The van der Waals surface area contributed by atoms with Gasteiger partial charge >= 0.3 is 0 Å². The second kappa shape index (κ2) is 17.0. The molecule has 0 rings (SSSR count). The molecule has 18 heavy (non-hydrogen) atoms. The van der Waals surface area contributed by atoms with Crippen LogP contribution in [0.3, 0.4) is 0 Å². The zero-order chi connectivity index (χ0) is 15.1. The van der Waals surface area contributed by atoms with Crippen molar-refractivity contribution in [3.63, 3.8) is 0 Å². The van der Waals surface area contributed by atoms with Gasteiger partial charge in [0.2, 0.25) is 0 Å². The first kappa shape index (κ1) is 14.4. The molecule has 0 aliphatic carbocycles. The van der Waals surface area contributed by atoms with Crippen molar-refractivity contribution in [2.75, 3.05) is 0 Å². The Kier molecular flexibility index (Phi) is 13.6. The summed E-state index contributed by atoms with van der Waals surface area (Å²) in [5.41, 5.74) is 0. The van der Waals surface area contributed by atoms with Crippen molar-refractivity contribution < 1.29 is 2.74 Å². The van der Waals surface area contributed by atoms with Crippen LogP contribution in [0.25, 0.3) is 0 Å². The fourth-order valence-electron chi connectivity index (χ4n) is 2.50. The molecule has 0 aromatic heterocycles. The summed E-state index contributed by atoms with van der Waals surface area (Å²) in [5.74, 6) is 0. The van der Waals surface area contributed by atoms with Gasteiger partial charge in [-0.15, -0.1) is 0 Å². The Morgan fingerprint density at radius 2 is 0.722 bits per heavy atom. The lowest BCUT2D eigenvalue weighted by Crippen LogP contribution is -1.83. The van der Waals surface area contributed by atoms with E-state index in [9.17, 15) is 0 Å². The van der Waals surface area contributed by atoms with E-state index in [0.717, 1.165) is 12.8 Å². The first-order chi connectivity index (χ1) is 9.56. The molecule has 0 aromatic rings. The third-order valence-corrected chi connectivity index (χ3v) is 3.78. The molecule has 0 aliphatic rings. The standard InChI is InChI=1S/C18H38/c1-3-5-7-9-11-13-15-17-18-16-14-12-10-8-6-4-2/h3-18H2,1-2H3/i3D2. The van der Waals surface area contributed by atoms with E-state index in [0.29, 0.717) is 0 Å². The molecule has 0 aromatic carbocycles. The molecule has 0 heterocycles. The minimum atomic E-state index is -0.961. The number of hydrogen-bond acceptors (Lipinski definition) is 0. The quantitative estimate of drug-likeness (QED) is 0.270. The summed E-state index contributed by atoms with van der Waals surface area (Å²) in [5, 5.41) is 0. The van der Waals surface area contributed by atoms with Crippen molar-refractivity contribution in [1.29, 1.82) is 0 Å². The molecule has 0 aliphatic heterocycles. The maximum atomic E-state index is 7.46. The highest BCUT2D eigenvalue weighted by atomic mass is 14.0. The molecule has 110 valence electrons. The Morgan fingerprint density at radius 3 is 1.00 bits per heavy atom. The molecule has 0 fully saturated rings. The van der Waals surface area contributed by atoms with E-state index in [1.54, 1.807) is 6.92 Å². The third-order valence-electron chi connectivity index (χ3n) is 3.78. The van der Waals surface area contributed by atoms with Crippen molar-refractivity contribution in [2.24, 2.45) is 0 Å². The SMILES string of the molecule is [2H]C([2H])(C)CCCCCCCCCCCCCCCC. The largest absolute Gasteiger partial charge is 0.0654 e. The van der Waals surface area contributed by atoms with Crippen LogP contribution >= 0.6 is 0 Å². The van der Waals surface area contributed by atoms with E-state index in [-0.39, 0.29) is 0 Å². The maximum Gasteiger partial charge on any atom is 0.0264 e. The minimum absolute atomic E-state index is 0.727. The molecule has 0 nitrogen and oxygen atoms in total. The van der Waals surface area contributed by atoms with Gasteiger partial charge in [-0.05, 0) is 0 Å². The van der Waals surface area contributed by atoms with Crippen molar-refractivity contribution in [3.8, 4) is 0 Å². The Bertz CT molecular complexity index is 184. The molecular formula is C18H38. The summed E-state index contributed by atoms with van der Waals surface area (Å²) >= 11 is 0. The fourth-order valence-corrected chi connectivity index (χ4v) is 2.50. The van der Waals surface area contributed by atoms with E-state index in [1.807, 2.05) is 0 Å². The van der Waals surface area contributed by atoms with E-state index in [4.69, 9.17) is 2.74 Å². The monoisotopic (exact) mass is 256 g/mol. The third kappa shape index (κ3) is 16.0. The van der Waals surface area contributed by atoms with Gasteiger partial charge in [0, 0.05) is 2.74 Å². The predicted octanol–water partition coefficient (Wildman–Crippen LogP) is 7.27. The van der Waals surface area contributed by atoms with Gasteiger partial charge in [0.15, 0.2) is 0 Å². The summed E-state index contributed by atoms with van der Waals surface area (Å²) in [7, 11) is 0. The Balaban J connectivity index is 2.99. The lowest BCUT2D eigenvalue weighted by molar-refractivity contribution is 0.531. The van der Waals surface area contributed by atoms with Crippen LogP contribution in [-0.4, -0.2) is 0 Å². The molecular weight excluding hydrogens is 216 g/mol. The van der Waals surface area contributed by atoms with Gasteiger partial charge in [0.1, 0.15) is 0 Å². The van der Waals surface area contributed by atoms with Gasteiger partial charge in [-0.25, -0.2) is 0 Å². The summed E-state index contributed by atoms with van der Waals surface area (Å²) in [6, 6.07) is 0. The number of hydrogen-bond donors (Lipinski definition) is 0. The highest BCUT2D eigenvalue weighted by molar-refractivity contribution is 4.49.